The fraction of sp³-hybridized carbons (Fsp3) is 0.680. The molecule has 190 valence electrons. The van der Waals surface area contributed by atoms with Crippen LogP contribution in [0.4, 0.5) is 0 Å². The Hall–Kier alpha value is -2.36. The molecule has 3 unspecified atom stereocenters. The number of carbonyl (C=O) groups is 2. The molecule has 0 fully saturated rings. The summed E-state index contributed by atoms with van der Waals surface area (Å²) in [6.45, 7) is 8.99. The smallest absolute Gasteiger partial charge is 0.223 e. The molecule has 34 heavy (non-hydrogen) atoms. The Balaban J connectivity index is 1.37. The van der Waals surface area contributed by atoms with Gasteiger partial charge in [-0.25, -0.2) is 0 Å². The summed E-state index contributed by atoms with van der Waals surface area (Å²) in [4.78, 5) is 32.4. The van der Waals surface area contributed by atoms with Gasteiger partial charge in [-0.15, -0.1) is 0 Å². The second-order valence-electron chi connectivity index (χ2n) is 8.81. The zero-order valence-corrected chi connectivity index (χ0v) is 20.8. The lowest BCUT2D eigenvalue weighted by molar-refractivity contribution is -0.125. The highest BCUT2D eigenvalue weighted by molar-refractivity contribution is 5.79. The standard InChI is InChI=1S/C25H40N4O5/c1-19(14-22-4-6-26-16-22)24(30)28-8-10-32-12-13-33-18-21(3)34-11-9-29-25(31)20(2)15-23-5-7-27-17-23/h6-7,16-17,19-21H,4-5,8-15,18H2,1-3H3,(H,28,30)(H,29,31). The zero-order chi connectivity index (χ0) is 24.6. The summed E-state index contributed by atoms with van der Waals surface area (Å²) in [5, 5.41) is 5.80. The number of nitrogens with zero attached hydrogens (tertiary/aromatic N) is 2. The average molecular weight is 477 g/mol. The number of ether oxygens (including phenoxy) is 3. The lowest BCUT2D eigenvalue weighted by Gasteiger charge is -2.16. The second-order valence-corrected chi connectivity index (χ2v) is 8.81. The summed E-state index contributed by atoms with van der Waals surface area (Å²) >= 11 is 0. The third-order valence-corrected chi connectivity index (χ3v) is 5.54. The molecule has 0 saturated heterocycles. The third-order valence-electron chi connectivity index (χ3n) is 5.54. The van der Waals surface area contributed by atoms with Gasteiger partial charge in [-0.05, 0) is 30.9 Å². The molecule has 0 aliphatic carbocycles. The predicted molar refractivity (Wildman–Crippen MR) is 133 cm³/mol. The third kappa shape index (κ3) is 11.7. The summed E-state index contributed by atoms with van der Waals surface area (Å²) < 4.78 is 16.7. The molecule has 3 atom stereocenters. The Morgan fingerprint density at radius 1 is 0.824 bits per heavy atom. The van der Waals surface area contributed by atoms with E-state index in [4.69, 9.17) is 14.2 Å². The molecule has 2 aliphatic heterocycles. The molecule has 0 spiro atoms. The van der Waals surface area contributed by atoms with Gasteiger partial charge in [-0.1, -0.05) is 13.8 Å². The van der Waals surface area contributed by atoms with Crippen LogP contribution in [0.25, 0.3) is 0 Å². The van der Waals surface area contributed by atoms with Gasteiger partial charge in [0.2, 0.25) is 11.8 Å². The van der Waals surface area contributed by atoms with Gasteiger partial charge in [0.05, 0.1) is 39.1 Å². The quantitative estimate of drug-likeness (QED) is 0.295. The summed E-state index contributed by atoms with van der Waals surface area (Å²) in [7, 11) is 0. The predicted octanol–water partition coefficient (Wildman–Crippen LogP) is 2.43. The van der Waals surface area contributed by atoms with Crippen molar-refractivity contribution in [3.8, 4) is 0 Å². The highest BCUT2D eigenvalue weighted by Crippen LogP contribution is 2.18. The first-order valence-electron chi connectivity index (χ1n) is 12.2. The molecule has 0 aromatic carbocycles. The lowest BCUT2D eigenvalue weighted by Crippen LogP contribution is -2.33. The van der Waals surface area contributed by atoms with Crippen molar-refractivity contribution in [1.82, 2.24) is 10.6 Å². The maximum Gasteiger partial charge on any atom is 0.223 e. The van der Waals surface area contributed by atoms with Gasteiger partial charge in [0.25, 0.3) is 0 Å². The Morgan fingerprint density at radius 2 is 1.35 bits per heavy atom. The van der Waals surface area contributed by atoms with Crippen molar-refractivity contribution in [1.29, 1.82) is 0 Å². The van der Waals surface area contributed by atoms with E-state index in [0.29, 0.717) is 46.1 Å². The van der Waals surface area contributed by atoms with Crippen molar-refractivity contribution in [2.75, 3.05) is 46.1 Å². The SMILES string of the molecule is CC(COCCOCCNC(=O)C(C)CC1=CN=CC1)OCCNC(=O)C(C)CC1=CN=CC1. The average Bonchev–Trinajstić information content (AvgIpc) is 3.52. The minimum Gasteiger partial charge on any atom is -0.377 e. The van der Waals surface area contributed by atoms with E-state index in [2.05, 4.69) is 20.6 Å². The van der Waals surface area contributed by atoms with E-state index in [-0.39, 0.29) is 29.8 Å². The Kier molecular flexibility index (Phi) is 13.4. The molecular weight excluding hydrogens is 436 g/mol. The van der Waals surface area contributed by atoms with Crippen LogP contribution in [-0.2, 0) is 23.8 Å². The largest absolute Gasteiger partial charge is 0.377 e. The molecule has 2 N–H and O–H groups in total. The molecule has 0 aromatic rings. The van der Waals surface area contributed by atoms with Crippen molar-refractivity contribution in [2.24, 2.45) is 21.8 Å². The molecule has 9 nitrogen and oxygen atoms in total. The van der Waals surface area contributed by atoms with E-state index >= 15 is 0 Å². The van der Waals surface area contributed by atoms with E-state index in [0.717, 1.165) is 25.7 Å². The molecule has 0 aromatic heterocycles. The van der Waals surface area contributed by atoms with Gasteiger partial charge in [0, 0.05) is 62.6 Å². The van der Waals surface area contributed by atoms with Crippen LogP contribution in [0.15, 0.2) is 33.5 Å². The number of aliphatic imine (C=N–C) groups is 2. The first-order valence-corrected chi connectivity index (χ1v) is 12.2. The Morgan fingerprint density at radius 3 is 1.88 bits per heavy atom. The van der Waals surface area contributed by atoms with Gasteiger partial charge in [0.1, 0.15) is 0 Å². The van der Waals surface area contributed by atoms with E-state index in [1.807, 2.05) is 45.6 Å². The fourth-order valence-electron chi connectivity index (χ4n) is 3.55. The molecule has 2 amide bonds. The normalized spacial score (nSPS) is 17.3. The number of nitrogens with one attached hydrogen (secondary N) is 2. The van der Waals surface area contributed by atoms with Crippen molar-refractivity contribution < 1.29 is 23.8 Å². The molecule has 2 heterocycles. The van der Waals surface area contributed by atoms with Gasteiger partial charge in [-0.3, -0.25) is 19.6 Å². The summed E-state index contributed by atoms with van der Waals surface area (Å²) in [6, 6.07) is 0. The Labute approximate surface area is 203 Å². The van der Waals surface area contributed by atoms with Crippen LogP contribution in [0.3, 0.4) is 0 Å². The highest BCUT2D eigenvalue weighted by Gasteiger charge is 2.16. The maximum absolute atomic E-state index is 12.1. The van der Waals surface area contributed by atoms with Crippen molar-refractivity contribution >= 4 is 24.2 Å². The minimum atomic E-state index is -0.0740. The van der Waals surface area contributed by atoms with Crippen molar-refractivity contribution in [3.63, 3.8) is 0 Å². The fourth-order valence-corrected chi connectivity index (χ4v) is 3.55. The van der Waals surface area contributed by atoms with Crippen LogP contribution in [0.1, 0.15) is 46.5 Å². The number of amides is 2. The topological polar surface area (TPSA) is 111 Å². The monoisotopic (exact) mass is 476 g/mol. The molecule has 0 radical (unpaired) electrons. The molecule has 0 saturated carbocycles. The number of allylic oxidation sites excluding steroid dienone is 2. The first kappa shape index (κ1) is 27.9. The van der Waals surface area contributed by atoms with E-state index in [1.54, 1.807) is 0 Å². The number of rotatable bonds is 18. The first-order chi connectivity index (χ1) is 16.5. The number of hydrogen-bond acceptors (Lipinski definition) is 7. The molecule has 2 aliphatic rings. The van der Waals surface area contributed by atoms with Crippen LogP contribution in [0.5, 0.6) is 0 Å². The zero-order valence-electron chi connectivity index (χ0n) is 20.8. The maximum atomic E-state index is 12.1. The molecule has 9 heteroatoms. The molecule has 2 rings (SSSR count). The van der Waals surface area contributed by atoms with Gasteiger partial charge in [0.15, 0.2) is 0 Å². The van der Waals surface area contributed by atoms with Crippen LogP contribution in [0, 0.1) is 11.8 Å². The number of hydrogen-bond donors (Lipinski definition) is 2. The van der Waals surface area contributed by atoms with Crippen LogP contribution in [0.2, 0.25) is 0 Å². The van der Waals surface area contributed by atoms with Crippen LogP contribution in [-0.4, -0.2) is 76.5 Å². The Bertz CT molecular complexity index is 762. The van der Waals surface area contributed by atoms with E-state index in [9.17, 15) is 9.59 Å². The summed E-state index contributed by atoms with van der Waals surface area (Å²) in [5.74, 6) is -0.0803. The van der Waals surface area contributed by atoms with Crippen LogP contribution >= 0.6 is 0 Å². The summed E-state index contributed by atoms with van der Waals surface area (Å²) in [6.07, 6.45) is 10.5. The van der Waals surface area contributed by atoms with Gasteiger partial charge < -0.3 is 24.8 Å². The number of carbonyl (C=O) groups excluding carboxylic acids is 2. The van der Waals surface area contributed by atoms with Gasteiger partial charge in [-0.2, -0.15) is 0 Å². The van der Waals surface area contributed by atoms with Crippen LogP contribution < -0.4 is 10.6 Å². The van der Waals surface area contributed by atoms with E-state index in [1.165, 1.54) is 11.1 Å². The summed E-state index contributed by atoms with van der Waals surface area (Å²) in [5.41, 5.74) is 2.38. The minimum absolute atomic E-state index is 0.0314. The van der Waals surface area contributed by atoms with Crippen molar-refractivity contribution in [2.45, 2.75) is 52.6 Å². The highest BCUT2D eigenvalue weighted by atomic mass is 16.5. The van der Waals surface area contributed by atoms with E-state index < -0.39 is 0 Å². The molecular formula is C25H40N4O5. The molecule has 0 bridgehead atoms. The van der Waals surface area contributed by atoms with Crippen molar-refractivity contribution in [3.05, 3.63) is 23.5 Å². The lowest BCUT2D eigenvalue weighted by atomic mass is 10.00. The second kappa shape index (κ2) is 16.3. The van der Waals surface area contributed by atoms with Gasteiger partial charge >= 0.3 is 0 Å².